The average molecular weight is 241 g/mol. The van der Waals surface area contributed by atoms with Crippen LogP contribution in [0.2, 0.25) is 0 Å². The molecule has 2 nitrogen and oxygen atoms in total. The third-order valence-electron chi connectivity index (χ3n) is 2.33. The van der Waals surface area contributed by atoms with Crippen LogP contribution in [-0.2, 0) is 0 Å². The molecule has 0 saturated carbocycles. The molecule has 0 aliphatic heterocycles. The summed E-state index contributed by atoms with van der Waals surface area (Å²) < 4.78 is 0. The van der Waals surface area contributed by atoms with E-state index in [4.69, 9.17) is 5.11 Å². The summed E-state index contributed by atoms with van der Waals surface area (Å²) in [4.78, 5) is 0. The number of benzene rings is 1. The third-order valence-corrected chi connectivity index (χ3v) is 2.33. The molecular formula is C16H19NO. The molecule has 0 radical (unpaired) electrons. The fourth-order valence-corrected chi connectivity index (χ4v) is 1.49. The Bertz CT molecular complexity index is 452. The monoisotopic (exact) mass is 241 g/mol. The number of allylic oxidation sites excluding steroid dienone is 6. The number of hydrogen-bond donors (Lipinski definition) is 2. The Hall–Kier alpha value is -2.06. The maximum absolute atomic E-state index is 8.73. The molecule has 0 unspecified atom stereocenters. The lowest BCUT2D eigenvalue weighted by Crippen LogP contribution is -1.98. The smallest absolute Gasteiger partial charge is 0.113 e. The van der Waals surface area contributed by atoms with E-state index < -0.39 is 0 Å². The van der Waals surface area contributed by atoms with Crippen molar-refractivity contribution >= 4 is 11.8 Å². The minimum absolute atomic E-state index is 0.0529. The molecule has 2 N–H and O–H groups in total. The summed E-state index contributed by atoms with van der Waals surface area (Å²) in [5.41, 5.74) is 3.12. The lowest BCUT2D eigenvalue weighted by atomic mass is 10.1. The molecule has 1 aromatic rings. The van der Waals surface area contributed by atoms with Gasteiger partial charge >= 0.3 is 0 Å². The maximum atomic E-state index is 8.73. The second-order valence-corrected chi connectivity index (χ2v) is 3.69. The van der Waals surface area contributed by atoms with Gasteiger partial charge in [-0.05, 0) is 30.2 Å². The molecule has 0 bridgehead atoms. The van der Waals surface area contributed by atoms with Gasteiger partial charge in [-0.25, -0.2) is 0 Å². The molecule has 0 heterocycles. The highest BCUT2D eigenvalue weighted by Gasteiger charge is 1.90. The van der Waals surface area contributed by atoms with E-state index in [1.165, 1.54) is 0 Å². The van der Waals surface area contributed by atoms with Crippen molar-refractivity contribution in [3.63, 3.8) is 0 Å². The molecule has 18 heavy (non-hydrogen) atoms. The zero-order valence-electron chi connectivity index (χ0n) is 10.6. The van der Waals surface area contributed by atoms with E-state index in [-0.39, 0.29) is 6.73 Å². The third kappa shape index (κ3) is 4.85. The minimum atomic E-state index is -0.0529. The van der Waals surface area contributed by atoms with Crippen molar-refractivity contribution < 1.29 is 5.11 Å². The van der Waals surface area contributed by atoms with Crippen LogP contribution in [-0.4, -0.2) is 11.8 Å². The minimum Gasteiger partial charge on any atom is -0.377 e. The molecule has 0 spiro atoms. The van der Waals surface area contributed by atoms with E-state index in [1.54, 1.807) is 6.08 Å². The van der Waals surface area contributed by atoms with Crippen molar-refractivity contribution in [3.05, 3.63) is 72.4 Å². The van der Waals surface area contributed by atoms with Crippen LogP contribution in [0.25, 0.3) is 6.08 Å². The molecule has 0 amide bonds. The number of hydrogen-bond acceptors (Lipinski definition) is 2. The molecule has 0 saturated heterocycles. The lowest BCUT2D eigenvalue weighted by Gasteiger charge is -2.02. The number of anilines is 1. The van der Waals surface area contributed by atoms with E-state index in [1.807, 2.05) is 61.6 Å². The SMILES string of the molecule is C=C/C=C(\C=C/C)/C=C/c1ccc(NCO)cc1. The van der Waals surface area contributed by atoms with Crippen molar-refractivity contribution in [2.45, 2.75) is 6.92 Å². The molecule has 0 aliphatic carbocycles. The first kappa shape index (κ1) is 14.0. The fourth-order valence-electron chi connectivity index (χ4n) is 1.49. The Kier molecular flexibility index (Phi) is 6.30. The van der Waals surface area contributed by atoms with Crippen LogP contribution in [0, 0.1) is 0 Å². The normalized spacial score (nSPS) is 12.2. The zero-order chi connectivity index (χ0) is 13.2. The highest BCUT2D eigenvalue weighted by molar-refractivity contribution is 5.58. The number of rotatable bonds is 6. The fraction of sp³-hybridized carbons (Fsp3) is 0.125. The number of aliphatic hydroxyl groups is 1. The second kappa shape index (κ2) is 8.09. The van der Waals surface area contributed by atoms with Gasteiger partial charge in [0.2, 0.25) is 0 Å². The van der Waals surface area contributed by atoms with E-state index in [2.05, 4.69) is 11.9 Å². The Morgan fingerprint density at radius 1 is 1.28 bits per heavy atom. The summed E-state index contributed by atoms with van der Waals surface area (Å²) in [6, 6.07) is 7.86. The van der Waals surface area contributed by atoms with Gasteiger partial charge in [-0.2, -0.15) is 0 Å². The van der Waals surface area contributed by atoms with E-state index >= 15 is 0 Å². The number of nitrogens with one attached hydrogen (secondary N) is 1. The van der Waals surface area contributed by atoms with E-state index in [9.17, 15) is 0 Å². The molecule has 1 rings (SSSR count). The maximum Gasteiger partial charge on any atom is 0.113 e. The van der Waals surface area contributed by atoms with Crippen LogP contribution >= 0.6 is 0 Å². The van der Waals surface area contributed by atoms with Gasteiger partial charge in [0, 0.05) is 5.69 Å². The summed E-state index contributed by atoms with van der Waals surface area (Å²) in [7, 11) is 0. The van der Waals surface area contributed by atoms with Gasteiger partial charge in [0.1, 0.15) is 6.73 Å². The standard InChI is InChI=1S/C16H19NO/c1-3-5-14(6-4-2)7-8-15-9-11-16(12-10-15)17-13-18/h3-12,17-18H,1,13H2,2H3/b6-4-,8-7+,14-5+. The van der Waals surface area contributed by atoms with Crippen LogP contribution in [0.1, 0.15) is 12.5 Å². The molecule has 94 valence electrons. The van der Waals surface area contributed by atoms with Gasteiger partial charge in [0.25, 0.3) is 0 Å². The predicted molar refractivity (Wildman–Crippen MR) is 79.3 cm³/mol. The Balaban J connectivity index is 2.76. The Labute approximate surface area is 109 Å². The Morgan fingerprint density at radius 3 is 2.56 bits per heavy atom. The van der Waals surface area contributed by atoms with Crippen LogP contribution in [0.5, 0.6) is 0 Å². The largest absolute Gasteiger partial charge is 0.377 e. The van der Waals surface area contributed by atoms with E-state index in [0.29, 0.717) is 0 Å². The van der Waals surface area contributed by atoms with Gasteiger partial charge in [-0.15, -0.1) is 0 Å². The van der Waals surface area contributed by atoms with Gasteiger partial charge in [-0.1, -0.05) is 55.2 Å². The van der Waals surface area contributed by atoms with Gasteiger partial charge in [-0.3, -0.25) is 0 Å². The highest BCUT2D eigenvalue weighted by atomic mass is 16.3. The van der Waals surface area contributed by atoms with Crippen LogP contribution in [0.3, 0.4) is 0 Å². The number of aliphatic hydroxyl groups excluding tert-OH is 1. The summed E-state index contributed by atoms with van der Waals surface area (Å²) in [6.45, 7) is 5.63. The van der Waals surface area contributed by atoms with Crippen LogP contribution in [0.4, 0.5) is 5.69 Å². The summed E-state index contributed by atoms with van der Waals surface area (Å²) in [6.07, 6.45) is 11.8. The average Bonchev–Trinajstić information content (AvgIpc) is 2.38. The molecule has 2 heteroatoms. The van der Waals surface area contributed by atoms with Crippen LogP contribution < -0.4 is 5.32 Å². The van der Waals surface area contributed by atoms with Gasteiger partial charge in [0.15, 0.2) is 0 Å². The highest BCUT2D eigenvalue weighted by Crippen LogP contribution is 2.12. The van der Waals surface area contributed by atoms with Crippen molar-refractivity contribution in [2.75, 3.05) is 12.0 Å². The van der Waals surface area contributed by atoms with E-state index in [0.717, 1.165) is 16.8 Å². The lowest BCUT2D eigenvalue weighted by molar-refractivity contribution is 0.325. The van der Waals surface area contributed by atoms with Gasteiger partial charge in [0.05, 0.1) is 0 Å². The van der Waals surface area contributed by atoms with Gasteiger partial charge < -0.3 is 10.4 Å². The van der Waals surface area contributed by atoms with Crippen LogP contribution in [0.15, 0.2) is 66.8 Å². The molecule has 0 atom stereocenters. The molecule has 0 aromatic heterocycles. The first-order valence-electron chi connectivity index (χ1n) is 5.88. The zero-order valence-corrected chi connectivity index (χ0v) is 10.6. The first-order chi connectivity index (χ1) is 8.80. The van der Waals surface area contributed by atoms with Crippen molar-refractivity contribution in [1.29, 1.82) is 0 Å². The summed E-state index contributed by atoms with van der Waals surface area (Å²) >= 11 is 0. The first-order valence-corrected chi connectivity index (χ1v) is 5.88. The van der Waals surface area contributed by atoms with Crippen molar-refractivity contribution in [2.24, 2.45) is 0 Å². The summed E-state index contributed by atoms with van der Waals surface area (Å²) in [5, 5.41) is 11.6. The predicted octanol–water partition coefficient (Wildman–Crippen LogP) is 3.75. The Morgan fingerprint density at radius 2 is 2.00 bits per heavy atom. The summed E-state index contributed by atoms with van der Waals surface area (Å²) in [5.74, 6) is 0. The molecule has 0 fully saturated rings. The molecule has 1 aromatic carbocycles. The quantitative estimate of drug-likeness (QED) is 0.587. The second-order valence-electron chi connectivity index (χ2n) is 3.69. The molecule has 0 aliphatic rings. The van der Waals surface area contributed by atoms with Crippen molar-refractivity contribution in [1.82, 2.24) is 0 Å². The topological polar surface area (TPSA) is 32.3 Å². The van der Waals surface area contributed by atoms with Crippen molar-refractivity contribution in [3.8, 4) is 0 Å². The molecular weight excluding hydrogens is 222 g/mol.